The Morgan fingerprint density at radius 1 is 1.24 bits per heavy atom. The summed E-state index contributed by atoms with van der Waals surface area (Å²) in [5, 5.41) is 3.98. The number of rotatable bonds is 7. The minimum Gasteiger partial charge on any atom is -0.370 e. The summed E-state index contributed by atoms with van der Waals surface area (Å²) in [5.41, 5.74) is 5.44. The van der Waals surface area contributed by atoms with Crippen molar-refractivity contribution in [3.05, 3.63) is 11.7 Å². The molecule has 1 aliphatic heterocycles. The average Bonchev–Trinajstić information content (AvgIpc) is 2.99. The highest BCUT2D eigenvalue weighted by atomic mass is 16.5. The van der Waals surface area contributed by atoms with Gasteiger partial charge in [0.2, 0.25) is 11.7 Å². The van der Waals surface area contributed by atoms with Gasteiger partial charge in [0.05, 0.1) is 0 Å². The van der Waals surface area contributed by atoms with E-state index in [1.165, 1.54) is 12.8 Å². The van der Waals surface area contributed by atoms with Crippen LogP contribution in [0.25, 0.3) is 0 Å². The van der Waals surface area contributed by atoms with E-state index >= 15 is 0 Å². The molecular formula is C12H21N3O2. The molecule has 96 valence electrons. The second-order valence-corrected chi connectivity index (χ2v) is 4.50. The minimum atomic E-state index is 0.0599. The van der Waals surface area contributed by atoms with Crippen molar-refractivity contribution in [1.29, 1.82) is 0 Å². The average molecular weight is 239 g/mol. The number of aromatic nitrogens is 2. The zero-order valence-corrected chi connectivity index (χ0v) is 10.2. The van der Waals surface area contributed by atoms with Crippen LogP contribution in [0.2, 0.25) is 0 Å². The maximum absolute atomic E-state index is 5.51. The van der Waals surface area contributed by atoms with Crippen LogP contribution in [0.1, 0.15) is 56.3 Å². The molecule has 17 heavy (non-hydrogen) atoms. The molecule has 1 aliphatic rings. The molecule has 1 saturated heterocycles. The molecule has 2 N–H and O–H groups in total. The third kappa shape index (κ3) is 3.78. The van der Waals surface area contributed by atoms with Crippen molar-refractivity contribution in [1.82, 2.24) is 10.1 Å². The van der Waals surface area contributed by atoms with Gasteiger partial charge in [0.1, 0.15) is 6.10 Å². The fourth-order valence-corrected chi connectivity index (χ4v) is 2.06. The zero-order chi connectivity index (χ0) is 11.9. The van der Waals surface area contributed by atoms with Crippen molar-refractivity contribution < 1.29 is 9.26 Å². The van der Waals surface area contributed by atoms with Crippen molar-refractivity contribution in [2.45, 2.75) is 51.0 Å². The fourth-order valence-electron chi connectivity index (χ4n) is 2.06. The third-order valence-electron chi connectivity index (χ3n) is 3.05. The second-order valence-electron chi connectivity index (χ2n) is 4.50. The molecule has 0 spiro atoms. The van der Waals surface area contributed by atoms with Gasteiger partial charge in [-0.3, -0.25) is 0 Å². The molecule has 1 unspecified atom stereocenters. The van der Waals surface area contributed by atoms with E-state index in [9.17, 15) is 0 Å². The number of aryl methyl sites for hydroxylation is 1. The van der Waals surface area contributed by atoms with Gasteiger partial charge in [0, 0.05) is 13.0 Å². The highest BCUT2D eigenvalue weighted by Crippen LogP contribution is 2.26. The Balaban J connectivity index is 1.70. The van der Waals surface area contributed by atoms with Crippen LogP contribution in [0.3, 0.4) is 0 Å². The number of hydrogen-bond donors (Lipinski definition) is 1. The highest BCUT2D eigenvalue weighted by Gasteiger charge is 2.22. The molecule has 0 saturated carbocycles. The Labute approximate surface area is 102 Å². The normalized spacial score (nSPS) is 19.9. The summed E-state index contributed by atoms with van der Waals surface area (Å²) in [5.74, 6) is 1.46. The van der Waals surface area contributed by atoms with Crippen molar-refractivity contribution in [3.63, 3.8) is 0 Å². The predicted octanol–water partition coefficient (Wildman–Crippen LogP) is 1.98. The molecule has 2 rings (SSSR count). The van der Waals surface area contributed by atoms with Crippen LogP contribution >= 0.6 is 0 Å². The van der Waals surface area contributed by atoms with Crippen LogP contribution < -0.4 is 5.73 Å². The summed E-state index contributed by atoms with van der Waals surface area (Å²) in [7, 11) is 0. The summed E-state index contributed by atoms with van der Waals surface area (Å²) in [6.07, 6.45) is 7.58. The zero-order valence-electron chi connectivity index (χ0n) is 10.2. The quantitative estimate of drug-likeness (QED) is 0.736. The van der Waals surface area contributed by atoms with Crippen molar-refractivity contribution in [2.75, 3.05) is 13.2 Å². The van der Waals surface area contributed by atoms with Gasteiger partial charge in [-0.15, -0.1) is 0 Å². The van der Waals surface area contributed by atoms with Crippen molar-refractivity contribution in [3.8, 4) is 0 Å². The van der Waals surface area contributed by atoms with Crippen LogP contribution in [0, 0.1) is 0 Å². The van der Waals surface area contributed by atoms with E-state index in [0.29, 0.717) is 0 Å². The van der Waals surface area contributed by atoms with Crippen LogP contribution in [-0.4, -0.2) is 23.3 Å². The van der Waals surface area contributed by atoms with Gasteiger partial charge in [0.25, 0.3) is 0 Å². The second kappa shape index (κ2) is 6.71. The van der Waals surface area contributed by atoms with E-state index in [1.54, 1.807) is 0 Å². The lowest BCUT2D eigenvalue weighted by atomic mass is 10.1. The molecule has 0 aliphatic carbocycles. The van der Waals surface area contributed by atoms with E-state index in [-0.39, 0.29) is 6.10 Å². The molecule has 1 fully saturated rings. The first-order valence-corrected chi connectivity index (χ1v) is 6.54. The molecular weight excluding hydrogens is 218 g/mol. The summed E-state index contributed by atoms with van der Waals surface area (Å²) in [6, 6.07) is 0. The van der Waals surface area contributed by atoms with E-state index in [0.717, 1.165) is 57.0 Å². The minimum absolute atomic E-state index is 0.0599. The van der Waals surface area contributed by atoms with E-state index < -0.39 is 0 Å². The molecule has 5 heteroatoms. The van der Waals surface area contributed by atoms with Crippen LogP contribution in [0.4, 0.5) is 0 Å². The Kier molecular flexibility index (Phi) is 4.94. The summed E-state index contributed by atoms with van der Waals surface area (Å²) in [6.45, 7) is 1.59. The Morgan fingerprint density at radius 3 is 2.88 bits per heavy atom. The van der Waals surface area contributed by atoms with Crippen LogP contribution in [0.5, 0.6) is 0 Å². The maximum Gasteiger partial charge on any atom is 0.226 e. The molecule has 0 amide bonds. The topological polar surface area (TPSA) is 74.2 Å². The number of hydrogen-bond acceptors (Lipinski definition) is 5. The number of nitrogens with zero attached hydrogens (tertiary/aromatic N) is 2. The first-order valence-electron chi connectivity index (χ1n) is 6.54. The third-order valence-corrected chi connectivity index (χ3v) is 3.05. The van der Waals surface area contributed by atoms with Gasteiger partial charge in [-0.25, -0.2) is 0 Å². The van der Waals surface area contributed by atoms with E-state index in [2.05, 4.69) is 10.1 Å². The molecule has 0 aromatic carbocycles. The first-order chi connectivity index (χ1) is 8.40. The Morgan fingerprint density at radius 2 is 2.12 bits per heavy atom. The molecule has 5 nitrogen and oxygen atoms in total. The first kappa shape index (κ1) is 12.5. The molecule has 0 bridgehead atoms. The van der Waals surface area contributed by atoms with Gasteiger partial charge >= 0.3 is 0 Å². The SMILES string of the molecule is NCCCCCCc1nc(C2CCCO2)no1. The standard InChI is InChI=1S/C12H21N3O2/c13-8-4-2-1-3-7-11-14-12(15-17-11)10-6-5-9-16-10/h10H,1-9,13H2. The largest absolute Gasteiger partial charge is 0.370 e. The van der Waals surface area contributed by atoms with Gasteiger partial charge < -0.3 is 15.0 Å². The summed E-state index contributed by atoms with van der Waals surface area (Å²) >= 11 is 0. The predicted molar refractivity (Wildman–Crippen MR) is 63.5 cm³/mol. The lowest BCUT2D eigenvalue weighted by molar-refractivity contribution is 0.103. The molecule has 1 aromatic rings. The smallest absolute Gasteiger partial charge is 0.226 e. The number of ether oxygens (including phenoxy) is 1. The monoisotopic (exact) mass is 239 g/mol. The van der Waals surface area contributed by atoms with Crippen LogP contribution in [0.15, 0.2) is 4.52 Å². The maximum atomic E-state index is 5.51. The fraction of sp³-hybridized carbons (Fsp3) is 0.833. The molecule has 0 radical (unpaired) electrons. The van der Waals surface area contributed by atoms with Crippen LogP contribution in [-0.2, 0) is 11.2 Å². The Bertz CT molecular complexity index is 321. The van der Waals surface area contributed by atoms with Crippen molar-refractivity contribution >= 4 is 0 Å². The lowest BCUT2D eigenvalue weighted by Gasteiger charge is -2.00. The van der Waals surface area contributed by atoms with Gasteiger partial charge in [-0.05, 0) is 32.2 Å². The number of nitrogens with two attached hydrogens (primary N) is 1. The number of unbranched alkanes of at least 4 members (excludes halogenated alkanes) is 3. The van der Waals surface area contributed by atoms with Gasteiger partial charge in [-0.2, -0.15) is 4.98 Å². The summed E-state index contributed by atoms with van der Waals surface area (Å²) < 4.78 is 10.7. The van der Waals surface area contributed by atoms with Gasteiger partial charge in [-0.1, -0.05) is 18.0 Å². The van der Waals surface area contributed by atoms with E-state index in [1.807, 2.05) is 0 Å². The highest BCUT2D eigenvalue weighted by molar-refractivity contribution is 4.93. The Hall–Kier alpha value is -0.940. The molecule has 2 heterocycles. The van der Waals surface area contributed by atoms with E-state index in [4.69, 9.17) is 15.0 Å². The molecule has 1 aromatic heterocycles. The molecule has 1 atom stereocenters. The van der Waals surface area contributed by atoms with Crippen molar-refractivity contribution in [2.24, 2.45) is 5.73 Å². The lowest BCUT2D eigenvalue weighted by Crippen LogP contribution is -1.99. The van der Waals surface area contributed by atoms with Gasteiger partial charge in [0.15, 0.2) is 0 Å². The summed E-state index contributed by atoms with van der Waals surface area (Å²) in [4.78, 5) is 4.38.